The van der Waals surface area contributed by atoms with Crippen LogP contribution in [0.25, 0.3) is 10.8 Å². The number of hydrogen-bond donors (Lipinski definition) is 0. The Kier molecular flexibility index (Phi) is 3.07. The van der Waals surface area contributed by atoms with E-state index >= 15 is 0 Å². The number of benzene rings is 2. The molecule has 0 saturated carbocycles. The zero-order chi connectivity index (χ0) is 15.4. The highest BCUT2D eigenvalue weighted by Crippen LogP contribution is 2.34. The minimum Gasteiger partial charge on any atom is -0.545 e. The minimum absolute atomic E-state index is 1.86. The summed E-state index contributed by atoms with van der Waals surface area (Å²) < 4.78 is 92.7. The van der Waals surface area contributed by atoms with Crippen molar-refractivity contribution in [3.63, 3.8) is 0 Å². The summed E-state index contributed by atoms with van der Waals surface area (Å²) in [6.45, 7) is 0. The van der Waals surface area contributed by atoms with Crippen molar-refractivity contribution < 1.29 is 40.6 Å². The average molecular weight is 297 g/mol. The fraction of sp³-hybridized carbons (Fsp3) is 0. The lowest BCUT2D eigenvalue weighted by molar-refractivity contribution is -0.255. The molecular formula is C11F7O2-. The maximum absolute atomic E-state index is 13.6. The quantitative estimate of drug-likeness (QED) is 0.460. The molecule has 0 radical (unpaired) electrons. The van der Waals surface area contributed by atoms with Gasteiger partial charge in [-0.1, -0.05) is 0 Å². The highest BCUT2D eigenvalue weighted by atomic mass is 19.2. The molecule has 20 heavy (non-hydrogen) atoms. The second-order valence-corrected chi connectivity index (χ2v) is 3.61. The summed E-state index contributed by atoms with van der Waals surface area (Å²) in [4.78, 5) is 10.4. The summed E-state index contributed by atoms with van der Waals surface area (Å²) in [5.74, 6) is -19.5. The third kappa shape index (κ3) is 1.62. The van der Waals surface area contributed by atoms with E-state index in [1.165, 1.54) is 0 Å². The Labute approximate surface area is 105 Å². The molecule has 0 aliphatic carbocycles. The molecule has 0 unspecified atom stereocenters. The number of fused-ring (bicyclic) bond motifs is 1. The van der Waals surface area contributed by atoms with E-state index in [2.05, 4.69) is 0 Å². The second kappa shape index (κ2) is 4.36. The maximum atomic E-state index is 13.6. The van der Waals surface area contributed by atoms with Crippen LogP contribution in [-0.2, 0) is 0 Å². The molecule has 106 valence electrons. The van der Waals surface area contributed by atoms with Gasteiger partial charge in [0.05, 0.1) is 22.3 Å². The van der Waals surface area contributed by atoms with E-state index < -0.39 is 63.0 Å². The van der Waals surface area contributed by atoms with Gasteiger partial charge >= 0.3 is 0 Å². The molecule has 2 aromatic carbocycles. The summed E-state index contributed by atoms with van der Waals surface area (Å²) in [5.41, 5.74) is -2.06. The lowest BCUT2D eigenvalue weighted by Gasteiger charge is -2.12. The summed E-state index contributed by atoms with van der Waals surface area (Å²) in [7, 11) is 0. The number of aromatic carboxylic acids is 1. The van der Waals surface area contributed by atoms with E-state index in [-0.39, 0.29) is 0 Å². The van der Waals surface area contributed by atoms with Gasteiger partial charge in [-0.2, -0.15) is 0 Å². The Morgan fingerprint density at radius 3 is 1.35 bits per heavy atom. The monoisotopic (exact) mass is 297 g/mol. The Bertz CT molecular complexity index is 770. The van der Waals surface area contributed by atoms with Crippen molar-refractivity contribution in [1.29, 1.82) is 0 Å². The summed E-state index contributed by atoms with van der Waals surface area (Å²) in [5, 5.41) is 6.71. The van der Waals surface area contributed by atoms with Crippen LogP contribution in [-0.4, -0.2) is 5.97 Å². The van der Waals surface area contributed by atoms with Gasteiger partial charge in [-0.05, 0) is 0 Å². The lowest BCUT2D eigenvalue weighted by Crippen LogP contribution is -2.26. The number of hydrogen-bond acceptors (Lipinski definition) is 2. The SMILES string of the molecule is O=C([O-])c1c(F)c(F)c2c(F)c(F)c(F)c(F)c2c1F. The first kappa shape index (κ1) is 14.1. The van der Waals surface area contributed by atoms with Crippen LogP contribution in [0.5, 0.6) is 0 Å². The molecular weight excluding hydrogens is 297 g/mol. The van der Waals surface area contributed by atoms with E-state index in [1.54, 1.807) is 0 Å². The van der Waals surface area contributed by atoms with Crippen molar-refractivity contribution in [1.82, 2.24) is 0 Å². The van der Waals surface area contributed by atoms with Gasteiger partial charge in [0.15, 0.2) is 34.9 Å². The number of carboxylic acids is 1. The summed E-state index contributed by atoms with van der Waals surface area (Å²) in [6, 6.07) is 0. The maximum Gasteiger partial charge on any atom is 0.198 e. The van der Waals surface area contributed by atoms with Gasteiger partial charge in [0.25, 0.3) is 0 Å². The zero-order valence-electron chi connectivity index (χ0n) is 8.96. The van der Waals surface area contributed by atoms with Crippen molar-refractivity contribution in [3.8, 4) is 0 Å². The lowest BCUT2D eigenvalue weighted by atomic mass is 10.0. The van der Waals surface area contributed by atoms with Crippen molar-refractivity contribution in [2.24, 2.45) is 0 Å². The van der Waals surface area contributed by atoms with Gasteiger partial charge in [-0.15, -0.1) is 0 Å². The fourth-order valence-corrected chi connectivity index (χ4v) is 1.66. The zero-order valence-corrected chi connectivity index (χ0v) is 8.96. The predicted octanol–water partition coefficient (Wildman–Crippen LogP) is 2.18. The fourth-order valence-electron chi connectivity index (χ4n) is 1.66. The van der Waals surface area contributed by atoms with E-state index in [0.717, 1.165) is 0 Å². The molecule has 0 amide bonds. The Hall–Kier alpha value is -2.32. The summed E-state index contributed by atoms with van der Waals surface area (Å²) >= 11 is 0. The van der Waals surface area contributed by atoms with Crippen LogP contribution in [0.15, 0.2) is 0 Å². The first-order valence-corrected chi connectivity index (χ1v) is 4.73. The largest absolute Gasteiger partial charge is 0.545 e. The topological polar surface area (TPSA) is 40.1 Å². The molecule has 2 aromatic rings. The third-order valence-electron chi connectivity index (χ3n) is 2.54. The molecule has 0 aliphatic heterocycles. The smallest absolute Gasteiger partial charge is 0.198 e. The Morgan fingerprint density at radius 1 is 0.600 bits per heavy atom. The molecule has 9 heteroatoms. The van der Waals surface area contributed by atoms with Crippen LogP contribution < -0.4 is 5.11 Å². The molecule has 0 fully saturated rings. The van der Waals surface area contributed by atoms with Gasteiger partial charge in [-0.3, -0.25) is 0 Å². The summed E-state index contributed by atoms with van der Waals surface area (Å²) in [6.07, 6.45) is 0. The molecule has 0 aromatic heterocycles. The molecule has 2 nitrogen and oxygen atoms in total. The first-order chi connectivity index (χ1) is 9.20. The molecule has 0 heterocycles. The Morgan fingerprint density at radius 2 is 0.950 bits per heavy atom. The van der Waals surface area contributed by atoms with Gasteiger partial charge < -0.3 is 9.90 Å². The van der Waals surface area contributed by atoms with Crippen LogP contribution >= 0.6 is 0 Å². The molecule has 0 bridgehead atoms. The van der Waals surface area contributed by atoms with Gasteiger partial charge in [-0.25, -0.2) is 30.7 Å². The number of carbonyl (C=O) groups is 1. The van der Waals surface area contributed by atoms with E-state index in [0.29, 0.717) is 0 Å². The third-order valence-corrected chi connectivity index (χ3v) is 2.54. The van der Waals surface area contributed by atoms with E-state index in [1.807, 2.05) is 0 Å². The van der Waals surface area contributed by atoms with Crippen molar-refractivity contribution in [3.05, 3.63) is 46.3 Å². The highest BCUT2D eigenvalue weighted by molar-refractivity contribution is 5.95. The molecule has 0 atom stereocenters. The van der Waals surface area contributed by atoms with Crippen LogP contribution in [0.3, 0.4) is 0 Å². The van der Waals surface area contributed by atoms with E-state index in [4.69, 9.17) is 0 Å². The van der Waals surface area contributed by atoms with E-state index in [9.17, 15) is 40.6 Å². The standard InChI is InChI=1S/C11HF7O2/c12-4-1-2(5(13)8(16)3(4)11(19)20)7(15)10(18)9(17)6(1)14/h(H,19,20)/p-1. The molecule has 0 N–H and O–H groups in total. The van der Waals surface area contributed by atoms with Gasteiger partial charge in [0.1, 0.15) is 5.82 Å². The van der Waals surface area contributed by atoms with Crippen molar-refractivity contribution in [2.45, 2.75) is 0 Å². The van der Waals surface area contributed by atoms with Crippen LogP contribution in [0.4, 0.5) is 30.7 Å². The molecule has 0 spiro atoms. The predicted molar refractivity (Wildman–Crippen MR) is 48.0 cm³/mol. The van der Waals surface area contributed by atoms with Crippen LogP contribution in [0, 0.1) is 40.7 Å². The van der Waals surface area contributed by atoms with Gasteiger partial charge in [0.2, 0.25) is 0 Å². The van der Waals surface area contributed by atoms with Gasteiger partial charge in [0, 0.05) is 0 Å². The number of carbonyl (C=O) groups excluding carboxylic acids is 1. The average Bonchev–Trinajstić information content (AvgIpc) is 2.37. The Balaban J connectivity index is 3.21. The molecule has 2 rings (SSSR count). The van der Waals surface area contributed by atoms with Crippen molar-refractivity contribution in [2.75, 3.05) is 0 Å². The number of carboxylic acid groups (broad SMARTS) is 1. The normalized spacial score (nSPS) is 11.2. The second-order valence-electron chi connectivity index (χ2n) is 3.61. The van der Waals surface area contributed by atoms with Crippen molar-refractivity contribution >= 4 is 16.7 Å². The minimum atomic E-state index is -2.58. The van der Waals surface area contributed by atoms with Crippen LogP contribution in [0.2, 0.25) is 0 Å². The highest BCUT2D eigenvalue weighted by Gasteiger charge is 2.30. The number of rotatable bonds is 1. The molecule has 0 aliphatic rings. The number of halogens is 7. The first-order valence-electron chi connectivity index (χ1n) is 4.73. The van der Waals surface area contributed by atoms with Crippen LogP contribution in [0.1, 0.15) is 10.4 Å². The molecule has 0 saturated heterocycles.